The minimum absolute atomic E-state index is 0.270. The summed E-state index contributed by atoms with van der Waals surface area (Å²) in [6.45, 7) is 7.67. The van der Waals surface area contributed by atoms with Gasteiger partial charge in [0.2, 0.25) is 7.37 Å². The number of ether oxygens (including phenoxy) is 1. The predicted molar refractivity (Wildman–Crippen MR) is 93.2 cm³/mol. The number of benzene rings is 1. The third-order valence-electron chi connectivity index (χ3n) is 3.96. The number of carbonyl (C=O) groups is 1. The SMILES string of the molecule is CCOC(=O)N1c2ccccc2C(C)=CC1OP(=O)(CC)CC. The van der Waals surface area contributed by atoms with Crippen molar-refractivity contribution in [3.63, 3.8) is 0 Å². The molecule has 1 atom stereocenters. The molecule has 1 aromatic rings. The van der Waals surface area contributed by atoms with Crippen molar-refractivity contribution in [1.29, 1.82) is 0 Å². The van der Waals surface area contributed by atoms with Gasteiger partial charge in [-0.15, -0.1) is 0 Å². The first-order valence-electron chi connectivity index (χ1n) is 7.96. The third-order valence-corrected chi connectivity index (χ3v) is 6.49. The molecule has 0 spiro atoms. The Morgan fingerprint density at radius 2 is 1.87 bits per heavy atom. The molecule has 1 heterocycles. The Hall–Kier alpha value is -1.58. The smallest absolute Gasteiger partial charge is 0.416 e. The van der Waals surface area contributed by atoms with E-state index in [0.717, 1.165) is 16.8 Å². The minimum atomic E-state index is -2.78. The van der Waals surface area contributed by atoms with Gasteiger partial charge in [0.15, 0.2) is 6.23 Å². The highest BCUT2D eigenvalue weighted by atomic mass is 31.2. The fraction of sp³-hybridized carbons (Fsp3) is 0.471. The molecule has 0 saturated carbocycles. The predicted octanol–water partition coefficient (Wildman–Crippen LogP) is 4.73. The Balaban J connectivity index is 2.46. The zero-order valence-corrected chi connectivity index (χ0v) is 15.0. The summed E-state index contributed by atoms with van der Waals surface area (Å²) < 4.78 is 23.8. The third kappa shape index (κ3) is 3.67. The van der Waals surface area contributed by atoms with Gasteiger partial charge < -0.3 is 4.74 Å². The van der Waals surface area contributed by atoms with Crippen LogP contribution >= 0.6 is 7.37 Å². The molecule has 0 aliphatic carbocycles. The first-order valence-corrected chi connectivity index (χ1v) is 9.95. The van der Waals surface area contributed by atoms with Crippen molar-refractivity contribution >= 4 is 24.7 Å². The normalized spacial score (nSPS) is 17.5. The van der Waals surface area contributed by atoms with Gasteiger partial charge in [-0.2, -0.15) is 0 Å². The average Bonchev–Trinajstić information content (AvgIpc) is 2.55. The van der Waals surface area contributed by atoms with Gasteiger partial charge >= 0.3 is 6.09 Å². The van der Waals surface area contributed by atoms with Crippen LogP contribution in [0.4, 0.5) is 10.5 Å². The second-order valence-corrected chi connectivity index (χ2v) is 8.48. The van der Waals surface area contributed by atoms with Crippen LogP contribution in [0.25, 0.3) is 5.57 Å². The quantitative estimate of drug-likeness (QED) is 0.729. The lowest BCUT2D eigenvalue weighted by molar-refractivity contribution is 0.144. The summed E-state index contributed by atoms with van der Waals surface area (Å²) in [5, 5.41) is 0. The molecule has 0 N–H and O–H groups in total. The topological polar surface area (TPSA) is 55.8 Å². The van der Waals surface area contributed by atoms with Crippen LogP contribution in [0.1, 0.15) is 33.3 Å². The molecule has 0 fully saturated rings. The molecule has 126 valence electrons. The van der Waals surface area contributed by atoms with Crippen LogP contribution in [0.15, 0.2) is 30.3 Å². The molecule has 1 aromatic carbocycles. The zero-order valence-electron chi connectivity index (χ0n) is 14.1. The maximum absolute atomic E-state index is 12.7. The highest BCUT2D eigenvalue weighted by molar-refractivity contribution is 7.58. The van der Waals surface area contributed by atoms with Crippen LogP contribution in [0, 0.1) is 0 Å². The molecule has 5 nitrogen and oxygen atoms in total. The zero-order chi connectivity index (χ0) is 17.0. The van der Waals surface area contributed by atoms with E-state index in [-0.39, 0.29) is 6.61 Å². The number of fused-ring (bicyclic) bond motifs is 1. The first kappa shape index (κ1) is 17.8. The monoisotopic (exact) mass is 337 g/mol. The maximum atomic E-state index is 12.7. The van der Waals surface area contributed by atoms with Crippen molar-refractivity contribution in [2.24, 2.45) is 0 Å². The Labute approximate surface area is 137 Å². The van der Waals surface area contributed by atoms with Gasteiger partial charge in [-0.25, -0.2) is 9.69 Å². The molecule has 6 heteroatoms. The van der Waals surface area contributed by atoms with Gasteiger partial charge in [0.05, 0.1) is 12.3 Å². The lowest BCUT2D eigenvalue weighted by Gasteiger charge is -2.35. The lowest BCUT2D eigenvalue weighted by atomic mass is 10.00. The summed E-state index contributed by atoms with van der Waals surface area (Å²) in [5.41, 5.74) is 2.66. The van der Waals surface area contributed by atoms with E-state index in [9.17, 15) is 9.36 Å². The van der Waals surface area contributed by atoms with Gasteiger partial charge in [-0.3, -0.25) is 9.09 Å². The maximum Gasteiger partial charge on any atom is 0.416 e. The van der Waals surface area contributed by atoms with Crippen molar-refractivity contribution in [2.45, 2.75) is 33.9 Å². The second-order valence-electron chi connectivity index (χ2n) is 5.38. The lowest BCUT2D eigenvalue weighted by Crippen LogP contribution is -2.43. The fourth-order valence-corrected chi connectivity index (χ4v) is 3.87. The molecule has 1 aliphatic heterocycles. The molecule has 1 aliphatic rings. The molecule has 23 heavy (non-hydrogen) atoms. The second kappa shape index (κ2) is 7.33. The molecule has 0 saturated heterocycles. The van der Waals surface area contributed by atoms with Crippen LogP contribution in [-0.2, 0) is 13.8 Å². The van der Waals surface area contributed by atoms with E-state index in [2.05, 4.69) is 0 Å². The van der Waals surface area contributed by atoms with Crippen molar-refractivity contribution in [3.8, 4) is 0 Å². The molecular formula is C17H24NO4P. The molecule has 1 unspecified atom stereocenters. The highest BCUT2D eigenvalue weighted by Crippen LogP contribution is 2.49. The molecule has 2 rings (SSSR count). The van der Waals surface area contributed by atoms with Crippen LogP contribution in [0.5, 0.6) is 0 Å². The molecule has 1 amide bonds. The van der Waals surface area contributed by atoms with Crippen molar-refractivity contribution < 1.29 is 18.6 Å². The van der Waals surface area contributed by atoms with Gasteiger partial charge in [-0.1, -0.05) is 32.0 Å². The van der Waals surface area contributed by atoms with Crippen LogP contribution in [0.3, 0.4) is 0 Å². The van der Waals surface area contributed by atoms with Gasteiger partial charge in [0, 0.05) is 17.9 Å². The number of amides is 1. The number of rotatable bonds is 5. The van der Waals surface area contributed by atoms with Gasteiger partial charge in [0.1, 0.15) is 0 Å². The van der Waals surface area contributed by atoms with Crippen molar-refractivity contribution in [3.05, 3.63) is 35.9 Å². The number of nitrogens with zero attached hydrogens (tertiary/aromatic N) is 1. The first-order chi connectivity index (χ1) is 11.0. The number of carbonyl (C=O) groups excluding carboxylic acids is 1. The van der Waals surface area contributed by atoms with Gasteiger partial charge in [0.25, 0.3) is 0 Å². The molecule has 0 aromatic heterocycles. The summed E-state index contributed by atoms with van der Waals surface area (Å²) in [5.74, 6) is 0. The Morgan fingerprint density at radius 3 is 2.48 bits per heavy atom. The number of hydrogen-bond donors (Lipinski definition) is 0. The van der Waals surface area contributed by atoms with E-state index in [1.54, 1.807) is 6.92 Å². The van der Waals surface area contributed by atoms with E-state index >= 15 is 0 Å². The number of hydrogen-bond acceptors (Lipinski definition) is 4. The van der Waals surface area contributed by atoms with E-state index < -0.39 is 19.7 Å². The van der Waals surface area contributed by atoms with E-state index in [1.165, 1.54) is 4.90 Å². The summed E-state index contributed by atoms with van der Waals surface area (Å²) >= 11 is 0. The minimum Gasteiger partial charge on any atom is -0.449 e. The number of allylic oxidation sites excluding steroid dienone is 1. The summed E-state index contributed by atoms with van der Waals surface area (Å²) in [6.07, 6.45) is 1.50. The Bertz CT molecular complexity index is 648. The fourth-order valence-electron chi connectivity index (χ4n) is 2.57. The summed E-state index contributed by atoms with van der Waals surface area (Å²) in [7, 11) is -2.78. The largest absolute Gasteiger partial charge is 0.449 e. The standard InChI is InChI=1S/C17H24NO4P/c1-5-21-17(19)18-15-11-9-8-10-14(15)13(4)12-16(18)22-23(20,6-2)7-3/h8-12,16H,5-7H2,1-4H3. The van der Waals surface area contributed by atoms with Gasteiger partial charge in [-0.05, 0) is 31.6 Å². The number of para-hydroxylation sites is 1. The highest BCUT2D eigenvalue weighted by Gasteiger charge is 2.35. The van der Waals surface area contributed by atoms with E-state index in [0.29, 0.717) is 12.3 Å². The van der Waals surface area contributed by atoms with Crippen LogP contribution in [0.2, 0.25) is 0 Å². The molecule has 0 bridgehead atoms. The van der Waals surface area contributed by atoms with Crippen molar-refractivity contribution in [1.82, 2.24) is 0 Å². The Kier molecular flexibility index (Phi) is 5.66. The van der Waals surface area contributed by atoms with Crippen LogP contribution < -0.4 is 4.90 Å². The molecular weight excluding hydrogens is 313 g/mol. The average molecular weight is 337 g/mol. The van der Waals surface area contributed by atoms with E-state index in [4.69, 9.17) is 9.26 Å². The number of anilines is 1. The van der Waals surface area contributed by atoms with Crippen molar-refractivity contribution in [2.75, 3.05) is 23.8 Å². The summed E-state index contributed by atoms with van der Waals surface area (Å²) in [6, 6.07) is 7.58. The Morgan fingerprint density at radius 1 is 1.22 bits per heavy atom. The molecule has 0 radical (unpaired) electrons. The van der Waals surface area contributed by atoms with E-state index in [1.807, 2.05) is 51.1 Å². The summed E-state index contributed by atoms with van der Waals surface area (Å²) in [4.78, 5) is 13.9. The van der Waals surface area contributed by atoms with Crippen LogP contribution in [-0.4, -0.2) is 31.3 Å².